The quantitative estimate of drug-likeness (QED) is 0.356. The van der Waals surface area contributed by atoms with Gasteiger partial charge in [-0.3, -0.25) is 4.79 Å². The largest absolute Gasteiger partial charge is 0.471 e. The number of piperazine rings is 1. The van der Waals surface area contributed by atoms with E-state index in [0.29, 0.717) is 22.9 Å². The van der Waals surface area contributed by atoms with E-state index in [1.54, 1.807) is 28.9 Å². The van der Waals surface area contributed by atoms with Crippen molar-refractivity contribution in [1.29, 1.82) is 0 Å². The monoisotopic (exact) mass is 539 g/mol. The number of hydrogen-bond acceptors (Lipinski definition) is 6. The number of rotatable bonds is 4. The van der Waals surface area contributed by atoms with Gasteiger partial charge in [0.15, 0.2) is 5.65 Å². The summed E-state index contributed by atoms with van der Waals surface area (Å²) in [6.07, 6.45) is -1.33. The van der Waals surface area contributed by atoms with Gasteiger partial charge in [-0.1, -0.05) is 18.2 Å². The zero-order valence-electron chi connectivity index (χ0n) is 20.9. The van der Waals surface area contributed by atoms with Crippen molar-refractivity contribution in [3.05, 3.63) is 72.2 Å². The Morgan fingerprint density at radius 3 is 2.49 bits per heavy atom. The van der Waals surface area contributed by atoms with E-state index in [1.807, 2.05) is 35.2 Å². The Kier molecular flexibility index (Phi) is 6.32. The fourth-order valence-electron chi connectivity index (χ4n) is 5.35. The molecular weight excluding hydrogens is 514 g/mol. The molecule has 0 spiro atoms. The average molecular weight is 540 g/mol. The number of hydrogen-bond donors (Lipinski definition) is 0. The smallest absolute Gasteiger partial charge is 0.353 e. The summed E-state index contributed by atoms with van der Waals surface area (Å²) >= 11 is 0. The van der Waals surface area contributed by atoms with E-state index < -0.39 is 12.1 Å². The molecule has 6 rings (SSSR count). The molecule has 39 heavy (non-hydrogen) atoms. The van der Waals surface area contributed by atoms with Crippen LogP contribution in [0, 0.1) is 5.82 Å². The van der Waals surface area contributed by atoms with Crippen LogP contribution >= 0.6 is 0 Å². The van der Waals surface area contributed by atoms with Crippen molar-refractivity contribution in [2.45, 2.75) is 25.1 Å². The van der Waals surface area contributed by atoms with Crippen LogP contribution < -0.4 is 9.80 Å². The van der Waals surface area contributed by atoms with Crippen molar-refractivity contribution < 1.29 is 22.4 Å². The normalized spacial score (nSPS) is 18.3. The first-order chi connectivity index (χ1) is 18.8. The first-order valence-corrected chi connectivity index (χ1v) is 12.7. The third-order valence-corrected chi connectivity index (χ3v) is 7.26. The number of carbonyl (C=O) groups excluding carboxylic acids is 1. The number of halogens is 4. The molecule has 3 aromatic heterocycles. The first-order valence-electron chi connectivity index (χ1n) is 12.7. The zero-order chi connectivity index (χ0) is 27.1. The molecule has 8 nitrogen and oxygen atoms in total. The molecule has 0 radical (unpaired) electrons. The Balaban J connectivity index is 1.25. The Hall–Kier alpha value is -4.22. The van der Waals surface area contributed by atoms with Crippen LogP contribution in [0.5, 0.6) is 0 Å². The minimum atomic E-state index is -4.87. The number of fused-ring (bicyclic) bond motifs is 1. The molecular formula is C27H25F4N7O. The molecule has 2 aliphatic heterocycles. The summed E-state index contributed by atoms with van der Waals surface area (Å²) in [5.74, 6) is -0.730. The van der Waals surface area contributed by atoms with Gasteiger partial charge < -0.3 is 14.7 Å². The highest BCUT2D eigenvalue weighted by atomic mass is 19.4. The topological polar surface area (TPSA) is 69.9 Å². The van der Waals surface area contributed by atoms with Crippen LogP contribution in [0.2, 0.25) is 0 Å². The van der Waals surface area contributed by atoms with Crippen molar-refractivity contribution in [3.8, 4) is 11.4 Å². The van der Waals surface area contributed by atoms with Gasteiger partial charge in [-0.15, -0.1) is 5.10 Å². The van der Waals surface area contributed by atoms with Crippen molar-refractivity contribution in [2.75, 3.05) is 42.5 Å². The zero-order valence-corrected chi connectivity index (χ0v) is 20.9. The van der Waals surface area contributed by atoms with E-state index in [4.69, 9.17) is 10.1 Å². The van der Waals surface area contributed by atoms with Crippen molar-refractivity contribution in [2.24, 2.45) is 0 Å². The van der Waals surface area contributed by atoms with Crippen molar-refractivity contribution >= 4 is 23.2 Å². The predicted octanol–water partition coefficient (Wildman–Crippen LogP) is 4.48. The van der Waals surface area contributed by atoms with Gasteiger partial charge in [0.1, 0.15) is 23.1 Å². The van der Waals surface area contributed by atoms with E-state index in [2.05, 4.69) is 9.88 Å². The van der Waals surface area contributed by atoms with Gasteiger partial charge in [-0.05, 0) is 54.8 Å². The van der Waals surface area contributed by atoms with Gasteiger partial charge in [-0.2, -0.15) is 13.2 Å². The number of carbonyl (C=O) groups is 1. The number of benzene rings is 1. The van der Waals surface area contributed by atoms with Crippen molar-refractivity contribution in [3.63, 3.8) is 0 Å². The summed E-state index contributed by atoms with van der Waals surface area (Å²) in [5.41, 5.74) is 2.83. The van der Waals surface area contributed by atoms with Gasteiger partial charge in [0.2, 0.25) is 0 Å². The van der Waals surface area contributed by atoms with Crippen LogP contribution in [0.3, 0.4) is 0 Å². The van der Waals surface area contributed by atoms with Crippen LogP contribution in [0.15, 0.2) is 60.8 Å². The molecule has 2 aliphatic rings. The molecule has 0 N–H and O–H groups in total. The fourth-order valence-corrected chi connectivity index (χ4v) is 5.35. The van der Waals surface area contributed by atoms with E-state index in [9.17, 15) is 22.4 Å². The number of anilines is 2. The van der Waals surface area contributed by atoms with Crippen LogP contribution in [0.1, 0.15) is 24.4 Å². The van der Waals surface area contributed by atoms with Gasteiger partial charge in [0.05, 0.1) is 17.9 Å². The Morgan fingerprint density at radius 2 is 1.72 bits per heavy atom. The van der Waals surface area contributed by atoms with E-state index in [-0.39, 0.29) is 38.0 Å². The lowest BCUT2D eigenvalue weighted by molar-refractivity contribution is -0.185. The van der Waals surface area contributed by atoms with Crippen molar-refractivity contribution in [1.82, 2.24) is 24.5 Å². The average Bonchev–Trinajstić information content (AvgIpc) is 3.60. The molecule has 4 aromatic rings. The number of imidazole rings is 1. The van der Waals surface area contributed by atoms with Crippen LogP contribution in [0.4, 0.5) is 29.2 Å². The molecule has 1 atom stereocenters. The minimum absolute atomic E-state index is 0.0157. The molecule has 202 valence electrons. The second-order valence-corrected chi connectivity index (χ2v) is 9.67. The van der Waals surface area contributed by atoms with Gasteiger partial charge in [0.25, 0.3) is 0 Å². The lowest BCUT2D eigenvalue weighted by Crippen LogP contribution is -2.52. The van der Waals surface area contributed by atoms with Crippen LogP contribution in [-0.2, 0) is 4.79 Å². The maximum Gasteiger partial charge on any atom is 0.471 e. The third-order valence-electron chi connectivity index (χ3n) is 7.26. The summed E-state index contributed by atoms with van der Waals surface area (Å²) in [4.78, 5) is 25.6. The van der Waals surface area contributed by atoms with Gasteiger partial charge in [-0.25, -0.2) is 18.9 Å². The molecule has 5 heterocycles. The maximum absolute atomic E-state index is 13.9. The number of alkyl halides is 3. The molecule has 1 aromatic carbocycles. The maximum atomic E-state index is 13.9. The van der Waals surface area contributed by atoms with Crippen LogP contribution in [-0.4, -0.2) is 69.3 Å². The Bertz CT molecular complexity index is 1510. The molecule has 1 amide bonds. The third kappa shape index (κ3) is 4.86. The highest BCUT2D eigenvalue weighted by Crippen LogP contribution is 2.36. The van der Waals surface area contributed by atoms with E-state index in [0.717, 1.165) is 35.7 Å². The number of aromatic nitrogens is 4. The second-order valence-electron chi connectivity index (χ2n) is 9.67. The fraction of sp³-hybridized carbons (Fsp3) is 0.333. The number of nitrogens with zero attached hydrogens (tertiary/aromatic N) is 7. The molecule has 0 aliphatic carbocycles. The predicted molar refractivity (Wildman–Crippen MR) is 137 cm³/mol. The molecule has 0 bridgehead atoms. The lowest BCUT2D eigenvalue weighted by atomic mass is 10.0. The summed E-state index contributed by atoms with van der Waals surface area (Å²) in [6, 6.07) is 15.9. The van der Waals surface area contributed by atoms with E-state index in [1.165, 1.54) is 6.07 Å². The molecule has 12 heteroatoms. The molecule has 2 saturated heterocycles. The standard InChI is InChI=1S/C27H25F4N7O/c28-19-5-1-4-18(16-19)21-7-3-11-37(21)25-10-9-23-32-17-22(38(23)34-25)20-6-2-8-24(33-20)35-12-14-36(15-13-35)26(39)27(29,30)31/h1-2,4-6,8-10,16-17,21H,3,7,11-15H2/t21-/m1/s1. The highest BCUT2D eigenvalue weighted by Gasteiger charge is 2.43. The summed E-state index contributed by atoms with van der Waals surface area (Å²) in [5, 5.41) is 4.87. The Morgan fingerprint density at radius 1 is 0.923 bits per heavy atom. The number of amides is 1. The second kappa shape index (κ2) is 9.83. The molecule has 0 unspecified atom stereocenters. The molecule has 2 fully saturated rings. The summed E-state index contributed by atoms with van der Waals surface area (Å²) < 4.78 is 54.0. The minimum Gasteiger partial charge on any atom is -0.353 e. The highest BCUT2D eigenvalue weighted by molar-refractivity contribution is 5.82. The van der Waals surface area contributed by atoms with Gasteiger partial charge >= 0.3 is 12.1 Å². The van der Waals surface area contributed by atoms with Gasteiger partial charge in [0, 0.05) is 32.7 Å². The SMILES string of the molecule is O=C(N1CCN(c2cccc(-c3cnc4ccc(N5CCC[C@@H]5c5cccc(F)c5)nn34)n2)CC1)C(F)(F)F. The lowest BCUT2D eigenvalue weighted by Gasteiger charge is -2.35. The summed E-state index contributed by atoms with van der Waals surface area (Å²) in [7, 11) is 0. The Labute approximate surface area is 221 Å². The molecule has 0 saturated carbocycles. The number of pyridine rings is 1. The first kappa shape index (κ1) is 25.1. The van der Waals surface area contributed by atoms with E-state index >= 15 is 0 Å². The summed E-state index contributed by atoms with van der Waals surface area (Å²) in [6.45, 7) is 1.20. The van der Waals surface area contributed by atoms with Crippen LogP contribution in [0.25, 0.3) is 17.0 Å².